The quantitative estimate of drug-likeness (QED) is 0.160. The van der Waals surface area contributed by atoms with Crippen LogP contribution in [0.15, 0.2) is 67.3 Å². The minimum absolute atomic E-state index is 0.00866. The van der Waals surface area contributed by atoms with E-state index in [9.17, 15) is 8.78 Å². The molecule has 1 heterocycles. The van der Waals surface area contributed by atoms with Gasteiger partial charge in [-0.05, 0) is 66.8 Å². The van der Waals surface area contributed by atoms with Crippen LogP contribution in [-0.4, -0.2) is 19.5 Å². The van der Waals surface area contributed by atoms with Crippen molar-refractivity contribution < 1.29 is 22.6 Å². The molecule has 39 heavy (non-hydrogen) atoms. The lowest BCUT2D eigenvalue weighted by molar-refractivity contribution is -0.190. The van der Waals surface area contributed by atoms with Crippen molar-refractivity contribution in [1.82, 2.24) is 0 Å². The fourth-order valence-corrected chi connectivity index (χ4v) is 5.10. The van der Waals surface area contributed by atoms with Crippen LogP contribution in [0.25, 0.3) is 22.3 Å². The Labute approximate surface area is 230 Å². The molecule has 0 radical (unpaired) electrons. The number of aryl methyl sites for hydroxylation is 1. The highest BCUT2D eigenvalue weighted by molar-refractivity contribution is 5.71. The number of allylic oxidation sites excluding steroid dienone is 1. The van der Waals surface area contributed by atoms with Gasteiger partial charge < -0.3 is 9.47 Å². The molecule has 0 saturated carbocycles. The van der Waals surface area contributed by atoms with Crippen LogP contribution in [-0.2, 0) is 15.9 Å². The minimum atomic E-state index is -0.848. The smallest absolute Gasteiger partial charge is 0.166 e. The number of halogens is 3. The molecule has 4 rings (SSSR count). The monoisotopic (exact) mass is 536 g/mol. The maximum absolute atomic E-state index is 15.1. The van der Waals surface area contributed by atoms with Crippen LogP contribution in [0.2, 0.25) is 0 Å². The van der Waals surface area contributed by atoms with Crippen molar-refractivity contribution in [3.8, 4) is 22.3 Å². The van der Waals surface area contributed by atoms with Crippen molar-refractivity contribution in [2.45, 2.75) is 76.9 Å². The molecule has 0 N–H and O–H groups in total. The Balaban J connectivity index is 1.39. The summed E-state index contributed by atoms with van der Waals surface area (Å²) in [4.78, 5) is 0. The van der Waals surface area contributed by atoms with E-state index < -0.39 is 11.6 Å². The summed E-state index contributed by atoms with van der Waals surface area (Å²) in [5, 5.41) is 0. The van der Waals surface area contributed by atoms with Gasteiger partial charge in [0.2, 0.25) is 0 Å². The second-order valence-corrected chi connectivity index (χ2v) is 10.4. The Hall–Kier alpha value is -2.89. The average molecular weight is 537 g/mol. The first kappa shape index (κ1) is 29.1. The summed E-state index contributed by atoms with van der Waals surface area (Å²) in [6.07, 6.45) is 10.3. The second-order valence-electron chi connectivity index (χ2n) is 10.4. The first-order valence-corrected chi connectivity index (χ1v) is 14.2. The molecule has 0 amide bonds. The first-order valence-electron chi connectivity index (χ1n) is 14.2. The van der Waals surface area contributed by atoms with E-state index >= 15 is 4.39 Å². The van der Waals surface area contributed by atoms with Gasteiger partial charge in [-0.3, -0.25) is 0 Å². The Morgan fingerprint density at radius 3 is 2.15 bits per heavy atom. The van der Waals surface area contributed by atoms with Crippen LogP contribution >= 0.6 is 0 Å². The van der Waals surface area contributed by atoms with E-state index in [1.54, 1.807) is 48.5 Å². The van der Waals surface area contributed by atoms with Crippen molar-refractivity contribution in [2.24, 2.45) is 0 Å². The van der Waals surface area contributed by atoms with E-state index in [2.05, 4.69) is 13.5 Å². The van der Waals surface area contributed by atoms with Crippen molar-refractivity contribution in [2.75, 3.05) is 13.2 Å². The summed E-state index contributed by atoms with van der Waals surface area (Å²) < 4.78 is 56.5. The van der Waals surface area contributed by atoms with Gasteiger partial charge in [0, 0.05) is 17.0 Å². The average Bonchev–Trinajstić information content (AvgIpc) is 2.96. The van der Waals surface area contributed by atoms with Crippen molar-refractivity contribution >= 4 is 0 Å². The third-order valence-corrected chi connectivity index (χ3v) is 7.50. The molecule has 1 aliphatic rings. The molecule has 1 saturated heterocycles. The molecule has 1 fully saturated rings. The largest absolute Gasteiger partial charge is 0.352 e. The Morgan fingerprint density at radius 1 is 0.795 bits per heavy atom. The highest BCUT2D eigenvalue weighted by atomic mass is 19.2. The normalized spacial score (nSPS) is 17.3. The fourth-order valence-electron chi connectivity index (χ4n) is 5.10. The summed E-state index contributed by atoms with van der Waals surface area (Å²) in [5.74, 6) is -1.99. The molecule has 0 atom stereocenters. The van der Waals surface area contributed by atoms with Crippen molar-refractivity contribution in [3.05, 3.63) is 95.8 Å². The zero-order valence-corrected chi connectivity index (χ0v) is 22.9. The fraction of sp³-hybridized carbons (Fsp3) is 0.412. The van der Waals surface area contributed by atoms with E-state index in [0.29, 0.717) is 41.9 Å². The van der Waals surface area contributed by atoms with Gasteiger partial charge in [-0.25, -0.2) is 13.2 Å². The van der Waals surface area contributed by atoms with Crippen LogP contribution in [0.4, 0.5) is 13.2 Å². The van der Waals surface area contributed by atoms with Gasteiger partial charge in [0.05, 0.1) is 13.2 Å². The van der Waals surface area contributed by atoms with Gasteiger partial charge in [0.15, 0.2) is 17.9 Å². The standard InChI is InChI=1S/C34H39F3O2/c1-3-5-7-9-11-26-17-20-30(34(37)33(26)36)25-15-13-24(14-16-25)29-19-18-27(21-31(29)35)28-22-38-32(39-23-28)12-10-8-6-4-2/h3,13-21,28,32H,1,4-12,22-23H2,2H3. The predicted molar refractivity (Wildman–Crippen MR) is 152 cm³/mol. The van der Waals surface area contributed by atoms with Crippen LogP contribution in [0.3, 0.4) is 0 Å². The number of rotatable bonds is 13. The van der Waals surface area contributed by atoms with Gasteiger partial charge >= 0.3 is 0 Å². The topological polar surface area (TPSA) is 18.5 Å². The lowest BCUT2D eigenvalue weighted by Crippen LogP contribution is -2.30. The number of unbranched alkanes of at least 4 members (excludes halogenated alkanes) is 5. The molecule has 1 aliphatic heterocycles. The second kappa shape index (κ2) is 14.5. The molecule has 0 spiro atoms. The zero-order valence-electron chi connectivity index (χ0n) is 22.9. The zero-order chi connectivity index (χ0) is 27.6. The summed E-state index contributed by atoms with van der Waals surface area (Å²) in [5.41, 5.74) is 3.11. The van der Waals surface area contributed by atoms with E-state index in [-0.39, 0.29) is 23.6 Å². The highest BCUT2D eigenvalue weighted by Gasteiger charge is 2.24. The molecule has 2 nitrogen and oxygen atoms in total. The summed E-state index contributed by atoms with van der Waals surface area (Å²) in [6, 6.07) is 15.4. The van der Waals surface area contributed by atoms with Gasteiger partial charge in [-0.2, -0.15) is 0 Å². The van der Waals surface area contributed by atoms with E-state index in [0.717, 1.165) is 37.7 Å². The van der Waals surface area contributed by atoms with Gasteiger partial charge in [0.1, 0.15) is 5.82 Å². The Morgan fingerprint density at radius 2 is 1.49 bits per heavy atom. The Kier molecular flexibility index (Phi) is 10.8. The summed E-state index contributed by atoms with van der Waals surface area (Å²) in [7, 11) is 0. The molecule has 208 valence electrons. The van der Waals surface area contributed by atoms with E-state index in [4.69, 9.17) is 9.47 Å². The SMILES string of the molecule is C=CCCCCc1ccc(-c2ccc(-c3ccc(C4COC(CCCCCC)OC4)cc3F)cc2)c(F)c1F. The van der Waals surface area contributed by atoms with Crippen molar-refractivity contribution in [3.63, 3.8) is 0 Å². The lowest BCUT2D eigenvalue weighted by atomic mass is 9.94. The Bertz CT molecular complexity index is 1210. The molecule has 3 aromatic rings. The number of ether oxygens (including phenoxy) is 2. The third-order valence-electron chi connectivity index (χ3n) is 7.50. The van der Waals surface area contributed by atoms with Gasteiger partial charge in [-0.1, -0.05) is 80.8 Å². The molecule has 0 aliphatic carbocycles. The van der Waals surface area contributed by atoms with E-state index in [1.165, 1.54) is 19.3 Å². The van der Waals surface area contributed by atoms with Gasteiger partial charge in [0.25, 0.3) is 0 Å². The number of hydrogen-bond donors (Lipinski definition) is 0. The first-order chi connectivity index (χ1) is 19.0. The molecule has 5 heteroatoms. The molecular formula is C34H39F3O2. The molecule has 0 unspecified atom stereocenters. The van der Waals surface area contributed by atoms with Crippen LogP contribution < -0.4 is 0 Å². The summed E-state index contributed by atoms with van der Waals surface area (Å²) >= 11 is 0. The van der Waals surface area contributed by atoms with Crippen LogP contribution in [0.1, 0.15) is 75.3 Å². The minimum Gasteiger partial charge on any atom is -0.352 e. The number of benzene rings is 3. The van der Waals surface area contributed by atoms with Gasteiger partial charge in [-0.15, -0.1) is 6.58 Å². The summed E-state index contributed by atoms with van der Waals surface area (Å²) in [6.45, 7) is 6.91. The van der Waals surface area contributed by atoms with Crippen LogP contribution in [0.5, 0.6) is 0 Å². The van der Waals surface area contributed by atoms with Crippen molar-refractivity contribution in [1.29, 1.82) is 0 Å². The maximum atomic E-state index is 15.1. The lowest BCUT2D eigenvalue weighted by Gasteiger charge is -2.30. The maximum Gasteiger partial charge on any atom is 0.166 e. The third kappa shape index (κ3) is 7.61. The number of hydrogen-bond acceptors (Lipinski definition) is 2. The molecular weight excluding hydrogens is 497 g/mol. The molecule has 3 aromatic carbocycles. The van der Waals surface area contributed by atoms with Crippen LogP contribution in [0, 0.1) is 17.5 Å². The van der Waals surface area contributed by atoms with E-state index in [1.807, 2.05) is 12.1 Å². The predicted octanol–water partition coefficient (Wildman–Crippen LogP) is 9.76. The molecule has 0 bridgehead atoms. The highest BCUT2D eigenvalue weighted by Crippen LogP contribution is 2.32. The molecule has 0 aromatic heterocycles.